The Kier molecular flexibility index (Phi) is 5.58. The van der Waals surface area contributed by atoms with Gasteiger partial charge in [0.05, 0.1) is 37.3 Å². The summed E-state index contributed by atoms with van der Waals surface area (Å²) in [6.07, 6.45) is -1.16. The molecule has 0 unspecified atom stereocenters. The Labute approximate surface area is 179 Å². The van der Waals surface area contributed by atoms with E-state index in [1.165, 1.54) is 31.6 Å². The van der Waals surface area contributed by atoms with E-state index in [0.717, 1.165) is 11.8 Å². The van der Waals surface area contributed by atoms with Gasteiger partial charge in [-0.3, -0.25) is 9.48 Å². The summed E-state index contributed by atoms with van der Waals surface area (Å²) < 4.78 is 48.3. The van der Waals surface area contributed by atoms with Crippen LogP contribution < -0.4 is 10.1 Å². The third-order valence-electron chi connectivity index (χ3n) is 4.41. The monoisotopic (exact) mass is 443 g/mol. The summed E-state index contributed by atoms with van der Waals surface area (Å²) in [6, 6.07) is 12.1. The molecular formula is C20H16F3N7O2. The highest BCUT2D eigenvalue weighted by atomic mass is 19.4. The maximum Gasteiger partial charge on any atom is 0.434 e. The molecule has 1 N–H and O–H groups in total. The number of benzene rings is 1. The molecule has 0 radical (unpaired) electrons. The third kappa shape index (κ3) is 4.43. The van der Waals surface area contributed by atoms with Crippen molar-refractivity contribution in [1.29, 1.82) is 0 Å². The number of ether oxygens (including phenoxy) is 1. The first kappa shape index (κ1) is 21.0. The van der Waals surface area contributed by atoms with Crippen LogP contribution >= 0.6 is 0 Å². The lowest BCUT2D eigenvalue weighted by molar-refractivity contribution is -0.143. The van der Waals surface area contributed by atoms with Crippen molar-refractivity contribution in [2.45, 2.75) is 12.7 Å². The summed E-state index contributed by atoms with van der Waals surface area (Å²) in [5.41, 5.74) is -0.706. The van der Waals surface area contributed by atoms with Gasteiger partial charge in [0, 0.05) is 12.3 Å². The van der Waals surface area contributed by atoms with Crippen molar-refractivity contribution < 1.29 is 22.7 Å². The predicted octanol–water partition coefficient (Wildman–Crippen LogP) is 3.19. The van der Waals surface area contributed by atoms with Crippen molar-refractivity contribution in [3.05, 3.63) is 77.9 Å². The number of nitrogens with one attached hydrogen (secondary N) is 1. The zero-order chi connectivity index (χ0) is 22.7. The van der Waals surface area contributed by atoms with Gasteiger partial charge in [0.2, 0.25) is 5.88 Å². The average Bonchev–Trinajstić information content (AvgIpc) is 3.41. The lowest BCUT2D eigenvalue weighted by atomic mass is 10.2. The van der Waals surface area contributed by atoms with Gasteiger partial charge in [-0.2, -0.15) is 23.4 Å². The van der Waals surface area contributed by atoms with E-state index < -0.39 is 23.3 Å². The molecule has 4 aromatic rings. The summed E-state index contributed by atoms with van der Waals surface area (Å²) >= 11 is 0. The van der Waals surface area contributed by atoms with Crippen molar-refractivity contribution in [2.24, 2.45) is 0 Å². The van der Waals surface area contributed by atoms with E-state index in [1.54, 1.807) is 4.68 Å². The van der Waals surface area contributed by atoms with Crippen LogP contribution in [0.1, 0.15) is 21.6 Å². The zero-order valence-electron chi connectivity index (χ0n) is 16.6. The summed E-state index contributed by atoms with van der Waals surface area (Å²) in [5.74, 6) is -1.07. The minimum absolute atomic E-state index is 0.125. The van der Waals surface area contributed by atoms with Crippen molar-refractivity contribution >= 4 is 11.6 Å². The largest absolute Gasteiger partial charge is 0.480 e. The standard InChI is InChI=1S/C20H16F3N7O2/c1-32-17-8-7-16(27-28-17)30-18(20(21,22)23)15(10-25-30)19(31)26-14-9-24-29(12-14)11-13-5-3-2-4-6-13/h2-10,12H,11H2,1H3,(H,26,31). The first-order chi connectivity index (χ1) is 15.3. The van der Waals surface area contributed by atoms with E-state index in [-0.39, 0.29) is 17.4 Å². The molecule has 0 aliphatic rings. The summed E-state index contributed by atoms with van der Waals surface area (Å²) in [5, 5.41) is 17.6. The Balaban J connectivity index is 1.58. The molecule has 0 saturated heterocycles. The molecule has 1 amide bonds. The second-order valence-electron chi connectivity index (χ2n) is 6.62. The molecular weight excluding hydrogens is 427 g/mol. The van der Waals surface area contributed by atoms with Crippen molar-refractivity contribution in [3.8, 4) is 11.7 Å². The first-order valence-corrected chi connectivity index (χ1v) is 9.26. The number of methoxy groups -OCH3 is 1. The van der Waals surface area contributed by atoms with E-state index in [1.807, 2.05) is 30.3 Å². The van der Waals surface area contributed by atoms with Crippen molar-refractivity contribution in [1.82, 2.24) is 29.8 Å². The first-order valence-electron chi connectivity index (χ1n) is 9.26. The molecule has 1 aromatic carbocycles. The molecule has 0 bridgehead atoms. The predicted molar refractivity (Wildman–Crippen MR) is 106 cm³/mol. The normalized spacial score (nSPS) is 11.4. The van der Waals surface area contributed by atoms with Gasteiger partial charge in [-0.05, 0) is 11.6 Å². The molecule has 164 valence electrons. The van der Waals surface area contributed by atoms with E-state index >= 15 is 0 Å². The number of hydrogen-bond acceptors (Lipinski definition) is 6. The molecule has 0 fully saturated rings. The second-order valence-corrected chi connectivity index (χ2v) is 6.62. The van der Waals surface area contributed by atoms with Gasteiger partial charge in [-0.1, -0.05) is 30.3 Å². The molecule has 9 nitrogen and oxygen atoms in total. The SMILES string of the molecule is COc1ccc(-n2ncc(C(=O)Nc3cnn(Cc4ccccc4)c3)c2C(F)(F)F)nn1. The van der Waals surface area contributed by atoms with Crippen LogP contribution in [0.5, 0.6) is 5.88 Å². The van der Waals surface area contributed by atoms with Crippen LogP contribution in [0.4, 0.5) is 18.9 Å². The van der Waals surface area contributed by atoms with Crippen LogP contribution in [-0.2, 0) is 12.7 Å². The number of amides is 1. The molecule has 0 spiro atoms. The lowest BCUT2D eigenvalue weighted by Crippen LogP contribution is -2.21. The van der Waals surface area contributed by atoms with Gasteiger partial charge in [0.1, 0.15) is 0 Å². The Hall–Kier alpha value is -4.22. The Morgan fingerprint density at radius 1 is 1.06 bits per heavy atom. The average molecular weight is 443 g/mol. The van der Waals surface area contributed by atoms with Crippen LogP contribution in [0.2, 0.25) is 0 Å². The topological polar surface area (TPSA) is 99.8 Å². The fraction of sp³-hybridized carbons (Fsp3) is 0.150. The molecule has 4 rings (SSSR count). The minimum atomic E-state index is -4.87. The number of alkyl halides is 3. The van der Waals surface area contributed by atoms with E-state index in [2.05, 4.69) is 25.7 Å². The summed E-state index contributed by atoms with van der Waals surface area (Å²) in [4.78, 5) is 12.6. The summed E-state index contributed by atoms with van der Waals surface area (Å²) in [7, 11) is 1.35. The minimum Gasteiger partial charge on any atom is -0.480 e. The Morgan fingerprint density at radius 2 is 1.84 bits per heavy atom. The highest BCUT2D eigenvalue weighted by Gasteiger charge is 2.41. The molecule has 32 heavy (non-hydrogen) atoms. The number of halogens is 3. The fourth-order valence-electron chi connectivity index (χ4n) is 2.98. The van der Waals surface area contributed by atoms with Gasteiger partial charge in [-0.25, -0.2) is 4.68 Å². The van der Waals surface area contributed by atoms with Crippen molar-refractivity contribution in [2.75, 3.05) is 12.4 Å². The van der Waals surface area contributed by atoms with Crippen LogP contribution in [0, 0.1) is 0 Å². The fourth-order valence-corrected chi connectivity index (χ4v) is 2.98. The van der Waals surface area contributed by atoms with E-state index in [9.17, 15) is 18.0 Å². The molecule has 0 atom stereocenters. The highest BCUT2D eigenvalue weighted by molar-refractivity contribution is 6.05. The number of carbonyl (C=O) groups excluding carboxylic acids is 1. The quantitative estimate of drug-likeness (QED) is 0.491. The van der Waals surface area contributed by atoms with Crippen LogP contribution in [0.15, 0.2) is 61.1 Å². The molecule has 0 aliphatic carbocycles. The van der Waals surface area contributed by atoms with Gasteiger partial charge in [0.15, 0.2) is 11.5 Å². The number of carbonyl (C=O) groups is 1. The number of nitrogens with zero attached hydrogens (tertiary/aromatic N) is 6. The number of anilines is 1. The number of hydrogen-bond donors (Lipinski definition) is 1. The molecule has 12 heteroatoms. The second kappa shape index (κ2) is 8.49. The third-order valence-corrected chi connectivity index (χ3v) is 4.41. The maximum absolute atomic E-state index is 13.8. The van der Waals surface area contributed by atoms with Gasteiger partial charge < -0.3 is 10.1 Å². The molecule has 3 heterocycles. The van der Waals surface area contributed by atoms with Gasteiger partial charge in [-0.15, -0.1) is 10.2 Å². The van der Waals surface area contributed by atoms with Crippen LogP contribution in [0.3, 0.4) is 0 Å². The molecule has 0 aliphatic heterocycles. The number of rotatable bonds is 6. The smallest absolute Gasteiger partial charge is 0.434 e. The number of aromatic nitrogens is 6. The Bertz CT molecular complexity index is 1220. The molecule has 0 saturated carbocycles. The maximum atomic E-state index is 13.8. The van der Waals surface area contributed by atoms with Gasteiger partial charge in [0.25, 0.3) is 5.91 Å². The zero-order valence-corrected chi connectivity index (χ0v) is 16.6. The van der Waals surface area contributed by atoms with E-state index in [0.29, 0.717) is 11.2 Å². The Morgan fingerprint density at radius 3 is 2.50 bits per heavy atom. The van der Waals surface area contributed by atoms with Crippen molar-refractivity contribution in [3.63, 3.8) is 0 Å². The summed E-state index contributed by atoms with van der Waals surface area (Å²) in [6.45, 7) is 0.443. The van der Waals surface area contributed by atoms with Crippen LogP contribution in [0.25, 0.3) is 5.82 Å². The van der Waals surface area contributed by atoms with E-state index in [4.69, 9.17) is 4.74 Å². The lowest BCUT2D eigenvalue weighted by Gasteiger charge is -2.11. The van der Waals surface area contributed by atoms with Gasteiger partial charge >= 0.3 is 6.18 Å². The highest BCUT2D eigenvalue weighted by Crippen LogP contribution is 2.33. The molecule has 3 aromatic heterocycles. The van der Waals surface area contributed by atoms with Crippen LogP contribution in [-0.4, -0.2) is 42.8 Å².